The van der Waals surface area contributed by atoms with Crippen molar-refractivity contribution < 1.29 is 14.8 Å². The van der Waals surface area contributed by atoms with E-state index in [-0.39, 0.29) is 5.06 Å². The zero-order chi connectivity index (χ0) is 15.5. The fourth-order valence-corrected chi connectivity index (χ4v) is 5.73. The molecule has 0 bridgehead atoms. The van der Waals surface area contributed by atoms with Crippen LogP contribution in [0, 0.1) is 0 Å². The minimum absolute atomic E-state index is 0.276. The lowest BCUT2D eigenvalue weighted by atomic mass is 10.1. The molecule has 0 spiro atoms. The molecule has 6 heteroatoms. The summed E-state index contributed by atoms with van der Waals surface area (Å²) >= 11 is 0. The number of rotatable bonds is 2. The molecule has 0 saturated carbocycles. The average molecular weight is 307 g/mol. The molecule has 1 N–H and O–H groups in total. The Bertz CT molecular complexity index is 559. The van der Waals surface area contributed by atoms with Crippen LogP contribution >= 0.6 is 0 Å². The minimum atomic E-state index is -1.77. The summed E-state index contributed by atoms with van der Waals surface area (Å²) < 4.78 is 0. The van der Waals surface area contributed by atoms with E-state index in [9.17, 15) is 14.8 Å². The molecule has 1 aliphatic rings. The molecule has 0 aromatic heterocycles. The Morgan fingerprint density at radius 3 is 1.35 bits per heavy atom. The first-order valence-electron chi connectivity index (χ1n) is 6.72. The first-order valence-corrected chi connectivity index (χ1v) is 13.7. The summed E-state index contributed by atoms with van der Waals surface area (Å²) in [5.74, 6) is -1.13. The van der Waals surface area contributed by atoms with E-state index in [4.69, 9.17) is 0 Å². The number of benzene rings is 1. The molecule has 0 radical (unpaired) electrons. The number of hydroxylamine groups is 2. The number of fused-ring (bicyclic) bond motifs is 1. The van der Waals surface area contributed by atoms with E-state index >= 15 is 0 Å². The van der Waals surface area contributed by atoms with Crippen molar-refractivity contribution in [2.24, 2.45) is 0 Å². The first kappa shape index (κ1) is 15.1. The fraction of sp³-hybridized carbons (Fsp3) is 0.429. The van der Waals surface area contributed by atoms with Gasteiger partial charge in [-0.3, -0.25) is 14.8 Å². The molecule has 1 aromatic carbocycles. The van der Waals surface area contributed by atoms with Gasteiger partial charge in [-0.2, -0.15) is 0 Å². The summed E-state index contributed by atoms with van der Waals surface area (Å²) in [4.78, 5) is 24.5. The number of hydrogen-bond donors (Lipinski definition) is 1. The third-order valence-electron chi connectivity index (χ3n) is 3.63. The van der Waals surface area contributed by atoms with E-state index in [1.54, 1.807) is 0 Å². The highest BCUT2D eigenvalue weighted by Gasteiger charge is 2.43. The van der Waals surface area contributed by atoms with Crippen LogP contribution in [-0.2, 0) is 0 Å². The average Bonchev–Trinajstić information content (AvgIpc) is 2.51. The molecule has 108 valence electrons. The van der Waals surface area contributed by atoms with Crippen LogP contribution in [0.3, 0.4) is 0 Å². The van der Waals surface area contributed by atoms with E-state index < -0.39 is 28.0 Å². The molecule has 20 heavy (non-hydrogen) atoms. The van der Waals surface area contributed by atoms with Gasteiger partial charge < -0.3 is 0 Å². The Hall–Kier alpha value is -1.25. The molecule has 0 fully saturated rings. The molecule has 0 aliphatic carbocycles. The van der Waals surface area contributed by atoms with Gasteiger partial charge >= 0.3 is 0 Å². The topological polar surface area (TPSA) is 57.6 Å². The summed E-state index contributed by atoms with van der Waals surface area (Å²) in [5, 5.41) is 11.9. The molecule has 0 saturated heterocycles. The van der Waals surface area contributed by atoms with E-state index in [0.29, 0.717) is 11.1 Å². The molecule has 4 nitrogen and oxygen atoms in total. The van der Waals surface area contributed by atoms with Gasteiger partial charge in [-0.05, 0) is 10.4 Å². The molecule has 2 amide bonds. The zero-order valence-corrected chi connectivity index (χ0v) is 14.9. The lowest BCUT2D eigenvalue weighted by Crippen LogP contribution is -2.47. The molecule has 1 aromatic rings. The molecular formula is C14H21NO3Si2. The summed E-state index contributed by atoms with van der Waals surface area (Å²) in [7, 11) is -3.54. The second-order valence-electron chi connectivity index (χ2n) is 7.33. The number of carbonyl (C=O) groups excluding carboxylic acids is 2. The van der Waals surface area contributed by atoms with E-state index in [2.05, 4.69) is 39.3 Å². The van der Waals surface area contributed by atoms with Crippen LogP contribution in [0.2, 0.25) is 39.3 Å². The van der Waals surface area contributed by atoms with Gasteiger partial charge in [-0.1, -0.05) is 51.4 Å². The lowest BCUT2D eigenvalue weighted by Gasteiger charge is -2.24. The van der Waals surface area contributed by atoms with Gasteiger partial charge in [0.1, 0.15) is 0 Å². The smallest absolute Gasteiger partial charge is 0.278 e. The van der Waals surface area contributed by atoms with Crippen LogP contribution in [0.5, 0.6) is 0 Å². The Morgan fingerprint density at radius 1 is 0.800 bits per heavy atom. The normalized spacial score (nSPS) is 15.8. The monoisotopic (exact) mass is 307 g/mol. The summed E-state index contributed by atoms with van der Waals surface area (Å²) in [6.07, 6.45) is 0. The van der Waals surface area contributed by atoms with Crippen molar-refractivity contribution in [1.29, 1.82) is 0 Å². The molecular weight excluding hydrogens is 286 g/mol. The Labute approximate surface area is 121 Å². The quantitative estimate of drug-likeness (QED) is 0.514. The summed E-state index contributed by atoms with van der Waals surface area (Å²) in [6.45, 7) is 12.8. The minimum Gasteiger partial charge on any atom is -0.278 e. The molecule has 2 rings (SSSR count). The fourth-order valence-electron chi connectivity index (χ4n) is 2.60. The van der Waals surface area contributed by atoms with Crippen LogP contribution in [-0.4, -0.2) is 38.2 Å². The van der Waals surface area contributed by atoms with Crippen LogP contribution < -0.4 is 10.4 Å². The van der Waals surface area contributed by atoms with Gasteiger partial charge in [0, 0.05) is 0 Å². The van der Waals surface area contributed by atoms with Crippen molar-refractivity contribution in [1.82, 2.24) is 5.06 Å². The van der Waals surface area contributed by atoms with Crippen molar-refractivity contribution in [3.63, 3.8) is 0 Å². The SMILES string of the molecule is C[Si](C)(C)c1ccc([Si](C)(C)C)c2c1C(=O)N(O)C2=O. The number of imide groups is 1. The largest absolute Gasteiger partial charge is 0.285 e. The highest BCUT2D eigenvalue weighted by Crippen LogP contribution is 2.23. The standard InChI is InChI=1S/C14H21NO3Si2/c1-19(2,3)9-7-8-10(20(4,5)6)12-11(9)13(16)15(18)14(12)17/h7-8,18H,1-6H3. The summed E-state index contributed by atoms with van der Waals surface area (Å²) in [6, 6.07) is 3.98. The van der Waals surface area contributed by atoms with Crippen LogP contribution in [0.1, 0.15) is 20.7 Å². The second kappa shape index (κ2) is 4.37. The van der Waals surface area contributed by atoms with E-state index in [0.717, 1.165) is 10.4 Å². The van der Waals surface area contributed by atoms with Crippen molar-refractivity contribution in [2.75, 3.05) is 0 Å². The zero-order valence-electron chi connectivity index (χ0n) is 12.9. The van der Waals surface area contributed by atoms with Gasteiger partial charge in [0.15, 0.2) is 0 Å². The van der Waals surface area contributed by atoms with Gasteiger partial charge in [-0.25, -0.2) is 0 Å². The van der Waals surface area contributed by atoms with Gasteiger partial charge in [0.05, 0.1) is 27.3 Å². The van der Waals surface area contributed by atoms with E-state index in [1.165, 1.54) is 0 Å². The Balaban J connectivity index is 2.86. The third-order valence-corrected chi connectivity index (χ3v) is 7.70. The second-order valence-corrected chi connectivity index (χ2v) is 17.4. The molecule has 0 unspecified atom stereocenters. The van der Waals surface area contributed by atoms with Gasteiger partial charge in [0.2, 0.25) is 0 Å². The predicted molar refractivity (Wildman–Crippen MR) is 84.7 cm³/mol. The third kappa shape index (κ3) is 2.17. The van der Waals surface area contributed by atoms with Gasteiger partial charge in [-0.15, -0.1) is 5.06 Å². The number of amides is 2. The first-order chi connectivity index (χ1) is 8.96. The maximum absolute atomic E-state index is 12.2. The predicted octanol–water partition coefficient (Wildman–Crippen LogP) is 1.76. The van der Waals surface area contributed by atoms with Crippen molar-refractivity contribution >= 4 is 38.3 Å². The summed E-state index contributed by atoms with van der Waals surface area (Å²) in [5.41, 5.74) is 0.883. The highest BCUT2D eigenvalue weighted by molar-refractivity contribution is 6.91. The van der Waals surface area contributed by atoms with Crippen molar-refractivity contribution in [2.45, 2.75) is 39.3 Å². The van der Waals surface area contributed by atoms with E-state index in [1.807, 2.05) is 12.1 Å². The molecule has 1 heterocycles. The van der Waals surface area contributed by atoms with Gasteiger partial charge in [0.25, 0.3) is 11.8 Å². The van der Waals surface area contributed by atoms with Crippen molar-refractivity contribution in [3.8, 4) is 0 Å². The maximum atomic E-state index is 12.2. The molecule has 1 aliphatic heterocycles. The number of carbonyl (C=O) groups is 2. The maximum Gasteiger partial charge on any atom is 0.285 e. The molecule has 0 atom stereocenters. The van der Waals surface area contributed by atoms with Crippen LogP contribution in [0.25, 0.3) is 0 Å². The Morgan fingerprint density at radius 2 is 1.10 bits per heavy atom. The number of nitrogens with zero attached hydrogens (tertiary/aromatic N) is 1. The van der Waals surface area contributed by atoms with Crippen LogP contribution in [0.15, 0.2) is 12.1 Å². The lowest BCUT2D eigenvalue weighted by molar-refractivity contribution is -0.0326. The Kier molecular flexibility index (Phi) is 3.31. The van der Waals surface area contributed by atoms with Crippen molar-refractivity contribution in [3.05, 3.63) is 23.3 Å². The number of hydrogen-bond acceptors (Lipinski definition) is 3. The van der Waals surface area contributed by atoms with Crippen LogP contribution in [0.4, 0.5) is 0 Å². The highest BCUT2D eigenvalue weighted by atomic mass is 28.3.